The van der Waals surface area contributed by atoms with E-state index in [1.165, 1.54) is 0 Å². The number of hydrogen-bond donors (Lipinski definition) is 1. The van der Waals surface area contributed by atoms with Crippen LogP contribution in [0.1, 0.15) is 30.7 Å². The van der Waals surface area contributed by atoms with E-state index in [-0.39, 0.29) is 17.8 Å². The molecule has 1 aliphatic carbocycles. The van der Waals surface area contributed by atoms with Crippen molar-refractivity contribution < 1.29 is 9.90 Å². The summed E-state index contributed by atoms with van der Waals surface area (Å²) >= 11 is 6.04. The summed E-state index contributed by atoms with van der Waals surface area (Å²) in [6.45, 7) is 0. The van der Waals surface area contributed by atoms with E-state index in [4.69, 9.17) is 11.6 Å². The minimum absolute atomic E-state index is 0.188. The molecule has 15 heavy (non-hydrogen) atoms. The van der Waals surface area contributed by atoms with E-state index in [1.54, 1.807) is 6.07 Å². The van der Waals surface area contributed by atoms with Crippen molar-refractivity contribution in [1.29, 1.82) is 0 Å². The molecule has 0 aliphatic heterocycles. The van der Waals surface area contributed by atoms with Crippen LogP contribution in [0.4, 0.5) is 0 Å². The molecule has 0 aromatic heterocycles. The van der Waals surface area contributed by atoms with Crippen molar-refractivity contribution in [1.82, 2.24) is 0 Å². The Morgan fingerprint density at radius 2 is 2.07 bits per heavy atom. The van der Waals surface area contributed by atoms with Crippen LogP contribution in [-0.4, -0.2) is 17.0 Å². The fourth-order valence-corrected chi connectivity index (χ4v) is 2.33. The van der Waals surface area contributed by atoms with Gasteiger partial charge in [-0.15, -0.1) is 0 Å². The van der Waals surface area contributed by atoms with Crippen LogP contribution < -0.4 is 0 Å². The van der Waals surface area contributed by atoms with E-state index < -0.39 is 0 Å². The molecule has 3 heteroatoms. The van der Waals surface area contributed by atoms with Crippen molar-refractivity contribution in [2.24, 2.45) is 0 Å². The van der Waals surface area contributed by atoms with Gasteiger partial charge in [0.05, 0.1) is 6.10 Å². The van der Waals surface area contributed by atoms with Crippen LogP contribution >= 0.6 is 11.6 Å². The molecule has 0 radical (unpaired) electrons. The van der Waals surface area contributed by atoms with Gasteiger partial charge in [-0.25, -0.2) is 0 Å². The van der Waals surface area contributed by atoms with E-state index in [9.17, 15) is 9.90 Å². The molecule has 80 valence electrons. The van der Waals surface area contributed by atoms with Crippen molar-refractivity contribution in [3.63, 3.8) is 0 Å². The smallest absolute Gasteiger partial charge is 0.140 e. The Kier molecular flexibility index (Phi) is 3.08. The highest BCUT2D eigenvalue weighted by atomic mass is 35.5. The molecule has 1 aliphatic rings. The number of aliphatic hydroxyl groups is 1. The zero-order chi connectivity index (χ0) is 10.8. The maximum Gasteiger partial charge on any atom is 0.140 e. The first-order valence-corrected chi connectivity index (χ1v) is 5.51. The molecular formula is C12H13ClO2. The number of hydrogen-bond acceptors (Lipinski definition) is 2. The number of halogens is 1. The SMILES string of the molecule is O=C1CC[C@H](O)CC1c1ccccc1Cl. The van der Waals surface area contributed by atoms with Crippen molar-refractivity contribution in [2.45, 2.75) is 31.3 Å². The molecular weight excluding hydrogens is 212 g/mol. The number of Topliss-reactive ketones (excluding diaryl/α,β-unsaturated/α-hetero) is 1. The van der Waals surface area contributed by atoms with Gasteiger partial charge < -0.3 is 5.11 Å². The summed E-state index contributed by atoms with van der Waals surface area (Å²) in [7, 11) is 0. The van der Waals surface area contributed by atoms with Crippen molar-refractivity contribution in [2.75, 3.05) is 0 Å². The van der Waals surface area contributed by atoms with Crippen LogP contribution in [0.3, 0.4) is 0 Å². The molecule has 0 saturated heterocycles. The minimum atomic E-state index is -0.371. The third-order valence-electron chi connectivity index (χ3n) is 2.90. The third kappa shape index (κ3) is 2.21. The van der Waals surface area contributed by atoms with Crippen LogP contribution in [0.15, 0.2) is 24.3 Å². The molecule has 2 atom stereocenters. The summed E-state index contributed by atoms with van der Waals surface area (Å²) in [5.41, 5.74) is 0.850. The van der Waals surface area contributed by atoms with Gasteiger partial charge in [-0.3, -0.25) is 4.79 Å². The van der Waals surface area contributed by atoms with E-state index in [1.807, 2.05) is 18.2 Å². The lowest BCUT2D eigenvalue weighted by Crippen LogP contribution is -2.26. The summed E-state index contributed by atoms with van der Waals surface area (Å²) in [5, 5.41) is 10.2. The summed E-state index contributed by atoms with van der Waals surface area (Å²) < 4.78 is 0. The van der Waals surface area contributed by atoms with Crippen LogP contribution in [-0.2, 0) is 4.79 Å². The standard InChI is InChI=1S/C12H13ClO2/c13-11-4-2-1-3-9(11)10-7-8(14)5-6-12(10)15/h1-4,8,10,14H,5-7H2/t8-,10?/m0/s1. The predicted octanol–water partition coefficient (Wildman–Crippen LogP) is 2.54. The van der Waals surface area contributed by atoms with Gasteiger partial charge >= 0.3 is 0 Å². The lowest BCUT2D eigenvalue weighted by atomic mass is 9.81. The Balaban J connectivity index is 2.29. The maximum absolute atomic E-state index is 11.7. The number of rotatable bonds is 1. The molecule has 2 nitrogen and oxygen atoms in total. The Labute approximate surface area is 93.9 Å². The Morgan fingerprint density at radius 1 is 1.33 bits per heavy atom. The van der Waals surface area contributed by atoms with Crippen LogP contribution in [0.5, 0.6) is 0 Å². The van der Waals surface area contributed by atoms with Gasteiger partial charge in [0.15, 0.2) is 0 Å². The highest BCUT2D eigenvalue weighted by Crippen LogP contribution is 2.33. The highest BCUT2D eigenvalue weighted by Gasteiger charge is 2.29. The predicted molar refractivity (Wildman–Crippen MR) is 59.1 cm³/mol. The lowest BCUT2D eigenvalue weighted by Gasteiger charge is -2.25. The highest BCUT2D eigenvalue weighted by molar-refractivity contribution is 6.31. The summed E-state index contributed by atoms with van der Waals surface area (Å²) in [4.78, 5) is 11.7. The van der Waals surface area contributed by atoms with Gasteiger partial charge in [0, 0.05) is 17.4 Å². The molecule has 1 saturated carbocycles. The fraction of sp³-hybridized carbons (Fsp3) is 0.417. The first-order chi connectivity index (χ1) is 7.18. The van der Waals surface area contributed by atoms with E-state index >= 15 is 0 Å². The molecule has 1 unspecified atom stereocenters. The van der Waals surface area contributed by atoms with Gasteiger partial charge in [-0.05, 0) is 24.5 Å². The fourth-order valence-electron chi connectivity index (χ4n) is 2.06. The van der Waals surface area contributed by atoms with Gasteiger partial charge in [0.1, 0.15) is 5.78 Å². The van der Waals surface area contributed by atoms with Crippen molar-refractivity contribution >= 4 is 17.4 Å². The van der Waals surface area contributed by atoms with Gasteiger partial charge in [0.25, 0.3) is 0 Å². The maximum atomic E-state index is 11.7. The second kappa shape index (κ2) is 4.33. The topological polar surface area (TPSA) is 37.3 Å². The van der Waals surface area contributed by atoms with Gasteiger partial charge in [-0.1, -0.05) is 29.8 Å². The number of aliphatic hydroxyl groups excluding tert-OH is 1. The molecule has 1 N–H and O–H groups in total. The summed E-state index contributed by atoms with van der Waals surface area (Å²) in [6, 6.07) is 7.36. The van der Waals surface area contributed by atoms with E-state index in [0.717, 1.165) is 5.56 Å². The largest absolute Gasteiger partial charge is 0.393 e. The number of benzene rings is 1. The molecule has 0 bridgehead atoms. The van der Waals surface area contributed by atoms with Crippen molar-refractivity contribution in [3.8, 4) is 0 Å². The third-order valence-corrected chi connectivity index (χ3v) is 3.25. The van der Waals surface area contributed by atoms with E-state index in [2.05, 4.69) is 0 Å². The van der Waals surface area contributed by atoms with E-state index in [0.29, 0.717) is 24.3 Å². The normalized spacial score (nSPS) is 26.7. The molecule has 1 aromatic carbocycles. The Bertz CT molecular complexity index is 376. The first kappa shape index (κ1) is 10.7. The molecule has 1 aromatic rings. The van der Waals surface area contributed by atoms with Crippen LogP contribution in [0, 0.1) is 0 Å². The number of ketones is 1. The molecule has 2 rings (SSSR count). The summed E-state index contributed by atoms with van der Waals surface area (Å²) in [6.07, 6.45) is 1.17. The lowest BCUT2D eigenvalue weighted by molar-refractivity contribution is -0.123. The zero-order valence-electron chi connectivity index (χ0n) is 8.32. The molecule has 0 spiro atoms. The monoisotopic (exact) mass is 224 g/mol. The minimum Gasteiger partial charge on any atom is -0.393 e. The molecule has 0 heterocycles. The quantitative estimate of drug-likeness (QED) is 0.796. The van der Waals surface area contributed by atoms with Gasteiger partial charge in [-0.2, -0.15) is 0 Å². The Morgan fingerprint density at radius 3 is 2.80 bits per heavy atom. The Hall–Kier alpha value is -0.860. The number of carbonyl (C=O) groups is 1. The molecule has 1 fully saturated rings. The summed E-state index contributed by atoms with van der Waals surface area (Å²) in [5.74, 6) is -0.0316. The van der Waals surface area contributed by atoms with Crippen LogP contribution in [0.2, 0.25) is 5.02 Å². The first-order valence-electron chi connectivity index (χ1n) is 5.13. The second-order valence-electron chi connectivity index (χ2n) is 3.97. The second-order valence-corrected chi connectivity index (χ2v) is 4.38. The van der Waals surface area contributed by atoms with Crippen molar-refractivity contribution in [3.05, 3.63) is 34.9 Å². The van der Waals surface area contributed by atoms with Crippen LogP contribution in [0.25, 0.3) is 0 Å². The average Bonchev–Trinajstić information content (AvgIpc) is 2.23. The average molecular weight is 225 g/mol. The number of carbonyl (C=O) groups excluding carboxylic acids is 1. The molecule has 0 amide bonds. The zero-order valence-corrected chi connectivity index (χ0v) is 9.07. The van der Waals surface area contributed by atoms with Gasteiger partial charge in [0.2, 0.25) is 0 Å².